The molecular formula is C26H33N5O4. The van der Waals surface area contributed by atoms with Gasteiger partial charge in [0.05, 0.1) is 26.2 Å². The summed E-state index contributed by atoms with van der Waals surface area (Å²) in [7, 11) is 3.23. The lowest BCUT2D eigenvalue weighted by atomic mass is 9.75. The van der Waals surface area contributed by atoms with Crippen molar-refractivity contribution < 1.29 is 19.1 Å². The SMILES string of the molecule is COc1ccc(CCNC(=O)C2CCC3C(=O)NC4C(c5ccccc5)NNN4C3C2)cc1OC. The number of methoxy groups -OCH3 is 2. The Morgan fingerprint density at radius 1 is 1.09 bits per heavy atom. The Morgan fingerprint density at radius 2 is 1.89 bits per heavy atom. The summed E-state index contributed by atoms with van der Waals surface area (Å²) in [6.45, 7) is 0.543. The lowest BCUT2D eigenvalue weighted by Crippen LogP contribution is -2.65. The average Bonchev–Trinajstić information content (AvgIpc) is 3.32. The quantitative estimate of drug-likeness (QED) is 0.479. The van der Waals surface area contributed by atoms with E-state index in [4.69, 9.17) is 9.47 Å². The van der Waals surface area contributed by atoms with E-state index in [0.29, 0.717) is 43.7 Å². The molecule has 186 valence electrons. The van der Waals surface area contributed by atoms with Gasteiger partial charge in [0.15, 0.2) is 11.5 Å². The molecule has 2 heterocycles. The van der Waals surface area contributed by atoms with Crippen molar-refractivity contribution in [3.05, 3.63) is 59.7 Å². The van der Waals surface area contributed by atoms with Crippen LogP contribution in [0.1, 0.15) is 36.4 Å². The van der Waals surface area contributed by atoms with Crippen molar-refractivity contribution in [1.29, 1.82) is 0 Å². The zero-order chi connectivity index (χ0) is 24.4. The number of fused-ring (bicyclic) bond motifs is 3. The molecule has 5 rings (SSSR count). The maximum absolute atomic E-state index is 13.0. The van der Waals surface area contributed by atoms with Gasteiger partial charge in [-0.15, -0.1) is 0 Å². The molecule has 0 radical (unpaired) electrons. The number of hydrogen-bond donors (Lipinski definition) is 4. The number of ether oxygens (including phenoxy) is 2. The predicted molar refractivity (Wildman–Crippen MR) is 130 cm³/mol. The molecule has 4 N–H and O–H groups in total. The highest BCUT2D eigenvalue weighted by atomic mass is 16.5. The zero-order valence-electron chi connectivity index (χ0n) is 20.1. The molecule has 5 atom stereocenters. The predicted octanol–water partition coefficient (Wildman–Crippen LogP) is 1.67. The molecule has 0 spiro atoms. The molecule has 1 aliphatic carbocycles. The van der Waals surface area contributed by atoms with Gasteiger partial charge in [-0.3, -0.25) is 9.59 Å². The molecule has 9 nitrogen and oxygen atoms in total. The first-order chi connectivity index (χ1) is 17.1. The van der Waals surface area contributed by atoms with Crippen LogP contribution in [0.2, 0.25) is 0 Å². The van der Waals surface area contributed by atoms with Gasteiger partial charge in [0.1, 0.15) is 6.17 Å². The highest BCUT2D eigenvalue weighted by Crippen LogP contribution is 2.38. The van der Waals surface area contributed by atoms with Crippen LogP contribution in [0.5, 0.6) is 11.5 Å². The Bertz CT molecular complexity index is 1060. The van der Waals surface area contributed by atoms with Gasteiger partial charge in [-0.25, -0.2) is 10.4 Å². The van der Waals surface area contributed by atoms with Crippen molar-refractivity contribution in [1.82, 2.24) is 26.6 Å². The molecule has 9 heteroatoms. The lowest BCUT2D eigenvalue weighted by molar-refractivity contribution is -0.143. The smallest absolute Gasteiger partial charge is 0.226 e. The van der Waals surface area contributed by atoms with Crippen LogP contribution in [-0.2, 0) is 16.0 Å². The number of rotatable bonds is 7. The summed E-state index contributed by atoms with van der Waals surface area (Å²) in [5.41, 5.74) is 8.78. The molecule has 0 aromatic heterocycles. The van der Waals surface area contributed by atoms with Crippen molar-refractivity contribution >= 4 is 11.8 Å². The fourth-order valence-electron chi connectivity index (χ4n) is 5.58. The van der Waals surface area contributed by atoms with Gasteiger partial charge in [-0.2, -0.15) is 5.53 Å². The summed E-state index contributed by atoms with van der Waals surface area (Å²) >= 11 is 0. The van der Waals surface area contributed by atoms with Gasteiger partial charge in [0.25, 0.3) is 0 Å². The first-order valence-corrected chi connectivity index (χ1v) is 12.2. The first-order valence-electron chi connectivity index (χ1n) is 12.2. The minimum absolute atomic E-state index is 0.0367. The highest BCUT2D eigenvalue weighted by Gasteiger charge is 2.51. The van der Waals surface area contributed by atoms with Crippen molar-refractivity contribution in [3.63, 3.8) is 0 Å². The Hall–Kier alpha value is -3.14. The molecule has 5 unspecified atom stereocenters. The maximum atomic E-state index is 13.0. The van der Waals surface area contributed by atoms with Gasteiger partial charge in [-0.05, 0) is 48.9 Å². The molecular weight excluding hydrogens is 446 g/mol. The van der Waals surface area contributed by atoms with Crippen molar-refractivity contribution in [2.75, 3.05) is 20.8 Å². The number of hydrazine groups is 2. The van der Waals surface area contributed by atoms with Crippen molar-refractivity contribution in [2.24, 2.45) is 11.8 Å². The number of nitrogens with one attached hydrogen (secondary N) is 4. The van der Waals surface area contributed by atoms with Gasteiger partial charge >= 0.3 is 0 Å². The van der Waals surface area contributed by atoms with E-state index in [1.807, 2.05) is 36.4 Å². The minimum atomic E-state index is -0.196. The molecule has 3 aliphatic rings. The fourth-order valence-corrected chi connectivity index (χ4v) is 5.58. The van der Waals surface area contributed by atoms with E-state index in [0.717, 1.165) is 11.1 Å². The lowest BCUT2D eigenvalue weighted by Gasteiger charge is -2.46. The van der Waals surface area contributed by atoms with Crippen molar-refractivity contribution in [2.45, 2.75) is 43.9 Å². The fraction of sp³-hybridized carbons (Fsp3) is 0.462. The van der Waals surface area contributed by atoms with Crippen LogP contribution in [0.3, 0.4) is 0 Å². The number of carbonyl (C=O) groups is 2. The van der Waals surface area contributed by atoms with E-state index in [9.17, 15) is 9.59 Å². The second-order valence-electron chi connectivity index (χ2n) is 9.42. The topological polar surface area (TPSA) is 104 Å². The van der Waals surface area contributed by atoms with E-state index in [2.05, 4.69) is 38.7 Å². The highest BCUT2D eigenvalue weighted by molar-refractivity contribution is 5.83. The monoisotopic (exact) mass is 479 g/mol. The van der Waals surface area contributed by atoms with Crippen LogP contribution in [0.4, 0.5) is 0 Å². The Morgan fingerprint density at radius 3 is 2.66 bits per heavy atom. The average molecular weight is 480 g/mol. The molecule has 1 saturated carbocycles. The first kappa shape index (κ1) is 23.6. The largest absolute Gasteiger partial charge is 0.493 e. The standard InChI is InChI=1S/C26H33N5O4/c1-34-21-11-8-16(14-22(21)35-2)12-13-27-25(32)18-9-10-19-20(15-18)31-24(28-26(19)33)23(29-30-31)17-6-4-3-5-7-17/h3-8,11,14,18-20,23-24,29-30H,9-10,12-13,15H2,1-2H3,(H,27,32)(H,28,33). The van der Waals surface area contributed by atoms with Crippen LogP contribution in [0.25, 0.3) is 0 Å². The molecule has 2 aromatic carbocycles. The minimum Gasteiger partial charge on any atom is -0.493 e. The number of hydrogen-bond acceptors (Lipinski definition) is 7. The Kier molecular flexibility index (Phi) is 6.90. The zero-order valence-corrected chi connectivity index (χ0v) is 20.1. The number of nitrogens with zero attached hydrogens (tertiary/aromatic N) is 1. The van der Waals surface area contributed by atoms with E-state index in [1.165, 1.54) is 0 Å². The van der Waals surface area contributed by atoms with Crippen LogP contribution >= 0.6 is 0 Å². The maximum Gasteiger partial charge on any atom is 0.226 e. The van der Waals surface area contributed by atoms with Gasteiger partial charge < -0.3 is 20.1 Å². The molecule has 0 bridgehead atoms. The Balaban J connectivity index is 1.19. The van der Waals surface area contributed by atoms with E-state index < -0.39 is 0 Å². The summed E-state index contributed by atoms with van der Waals surface area (Å²) in [6, 6.07) is 15.8. The van der Waals surface area contributed by atoms with Gasteiger partial charge in [0.2, 0.25) is 11.8 Å². The summed E-state index contributed by atoms with van der Waals surface area (Å²) in [5, 5.41) is 8.39. The van der Waals surface area contributed by atoms with Crippen LogP contribution in [0, 0.1) is 11.8 Å². The molecule has 2 aromatic rings. The third kappa shape index (κ3) is 4.71. The summed E-state index contributed by atoms with van der Waals surface area (Å²) in [4.78, 5) is 26.0. The van der Waals surface area contributed by atoms with Crippen molar-refractivity contribution in [3.8, 4) is 11.5 Å². The summed E-state index contributed by atoms with van der Waals surface area (Å²) in [6.07, 6.45) is 2.56. The number of benzene rings is 2. The normalized spacial score (nSPS) is 27.9. The summed E-state index contributed by atoms with van der Waals surface area (Å²) in [5.74, 6) is 1.26. The Labute approximate surface area is 205 Å². The van der Waals surface area contributed by atoms with E-state index in [-0.39, 0.29) is 41.9 Å². The number of amides is 2. The molecule has 35 heavy (non-hydrogen) atoms. The van der Waals surface area contributed by atoms with Crippen LogP contribution in [0.15, 0.2) is 48.5 Å². The molecule has 2 saturated heterocycles. The molecule has 2 amide bonds. The molecule has 2 aliphatic heterocycles. The second-order valence-corrected chi connectivity index (χ2v) is 9.42. The van der Waals surface area contributed by atoms with Gasteiger partial charge in [0, 0.05) is 18.5 Å². The van der Waals surface area contributed by atoms with Crippen LogP contribution in [-0.4, -0.2) is 49.8 Å². The summed E-state index contributed by atoms with van der Waals surface area (Å²) < 4.78 is 10.7. The van der Waals surface area contributed by atoms with E-state index >= 15 is 0 Å². The van der Waals surface area contributed by atoms with Gasteiger partial charge in [-0.1, -0.05) is 36.4 Å². The van der Waals surface area contributed by atoms with E-state index in [1.54, 1.807) is 14.2 Å². The third-order valence-corrected chi connectivity index (χ3v) is 7.46. The third-order valence-electron chi connectivity index (χ3n) is 7.46. The van der Waals surface area contributed by atoms with Crippen LogP contribution < -0.4 is 31.1 Å². The number of carbonyl (C=O) groups excluding carboxylic acids is 2. The second kappa shape index (κ2) is 10.2. The molecule has 3 fully saturated rings.